The van der Waals surface area contributed by atoms with Gasteiger partial charge in [0, 0.05) is 22.5 Å². The fraction of sp³-hybridized carbons (Fsp3) is 0.105. The molecule has 0 fully saturated rings. The molecule has 2 heteroatoms. The van der Waals surface area contributed by atoms with Crippen molar-refractivity contribution in [2.45, 2.75) is 13.8 Å². The van der Waals surface area contributed by atoms with Crippen molar-refractivity contribution in [1.29, 1.82) is 0 Å². The highest BCUT2D eigenvalue weighted by Crippen LogP contribution is 2.38. The van der Waals surface area contributed by atoms with Crippen molar-refractivity contribution in [3.8, 4) is 11.3 Å². The highest BCUT2D eigenvalue weighted by molar-refractivity contribution is 6.11. The van der Waals surface area contributed by atoms with Crippen molar-refractivity contribution in [1.82, 2.24) is 4.98 Å². The largest absolute Gasteiger partial charge is 0.455 e. The van der Waals surface area contributed by atoms with Crippen molar-refractivity contribution in [2.75, 3.05) is 0 Å². The number of para-hydroxylation sites is 1. The molecule has 0 unspecified atom stereocenters. The molecule has 2 aromatic carbocycles. The number of nitrogens with zero attached hydrogens (tertiary/aromatic N) is 1. The average Bonchev–Trinajstić information content (AvgIpc) is 2.91. The molecule has 0 saturated carbocycles. The lowest BCUT2D eigenvalue weighted by Crippen LogP contribution is -1.88. The summed E-state index contributed by atoms with van der Waals surface area (Å²) in [6.45, 7) is 4.30. The number of benzene rings is 2. The molecule has 2 heterocycles. The molecule has 0 aliphatic rings. The molecule has 0 atom stereocenters. The summed E-state index contributed by atoms with van der Waals surface area (Å²) in [4.78, 5) is 4.48. The van der Waals surface area contributed by atoms with Gasteiger partial charge in [0.15, 0.2) is 0 Å². The van der Waals surface area contributed by atoms with Gasteiger partial charge in [0.2, 0.25) is 0 Å². The number of rotatable bonds is 1. The van der Waals surface area contributed by atoms with E-state index < -0.39 is 0 Å². The maximum atomic E-state index is 6.13. The van der Waals surface area contributed by atoms with E-state index in [0.29, 0.717) is 0 Å². The van der Waals surface area contributed by atoms with Gasteiger partial charge >= 0.3 is 0 Å². The van der Waals surface area contributed by atoms with Crippen molar-refractivity contribution in [2.24, 2.45) is 0 Å². The molecule has 4 aromatic rings. The van der Waals surface area contributed by atoms with Gasteiger partial charge in [-0.15, -0.1) is 0 Å². The number of hydrogen-bond acceptors (Lipinski definition) is 2. The van der Waals surface area contributed by atoms with Crippen molar-refractivity contribution in [3.05, 3.63) is 65.9 Å². The predicted molar refractivity (Wildman–Crippen MR) is 86.4 cm³/mol. The van der Waals surface area contributed by atoms with E-state index in [4.69, 9.17) is 4.42 Å². The van der Waals surface area contributed by atoms with Crippen molar-refractivity contribution < 1.29 is 4.42 Å². The molecule has 0 aliphatic heterocycles. The molecule has 2 aromatic heterocycles. The van der Waals surface area contributed by atoms with Crippen LogP contribution in [0.5, 0.6) is 0 Å². The molecule has 0 N–H and O–H groups in total. The Kier molecular flexibility index (Phi) is 2.58. The first-order chi connectivity index (χ1) is 10.3. The fourth-order valence-corrected chi connectivity index (χ4v) is 2.91. The molecule has 2 nitrogen and oxygen atoms in total. The summed E-state index contributed by atoms with van der Waals surface area (Å²) in [5.74, 6) is 0. The second kappa shape index (κ2) is 4.45. The van der Waals surface area contributed by atoms with Crippen LogP contribution >= 0.6 is 0 Å². The van der Waals surface area contributed by atoms with E-state index in [2.05, 4.69) is 37.0 Å². The quantitative estimate of drug-likeness (QED) is 0.472. The van der Waals surface area contributed by atoms with Gasteiger partial charge in [-0.25, -0.2) is 0 Å². The van der Waals surface area contributed by atoms with Crippen LogP contribution in [0.15, 0.2) is 59.1 Å². The number of fused-ring (bicyclic) bond motifs is 3. The Hall–Kier alpha value is -2.61. The molecule has 0 bridgehead atoms. The molecule has 21 heavy (non-hydrogen) atoms. The van der Waals surface area contributed by atoms with Crippen LogP contribution in [0.4, 0.5) is 0 Å². The molecule has 0 amide bonds. The van der Waals surface area contributed by atoms with Crippen LogP contribution in [-0.4, -0.2) is 4.98 Å². The van der Waals surface area contributed by atoms with E-state index in [9.17, 15) is 0 Å². The third-order valence-electron chi connectivity index (χ3n) is 4.11. The zero-order chi connectivity index (χ0) is 14.4. The number of aryl methyl sites for hydroxylation is 2. The van der Waals surface area contributed by atoms with Gasteiger partial charge in [0.25, 0.3) is 0 Å². The maximum absolute atomic E-state index is 6.13. The van der Waals surface area contributed by atoms with Gasteiger partial charge in [0.1, 0.15) is 11.2 Å². The third kappa shape index (κ3) is 1.76. The first kappa shape index (κ1) is 12.2. The third-order valence-corrected chi connectivity index (χ3v) is 4.11. The Bertz CT molecular complexity index is 952. The highest BCUT2D eigenvalue weighted by atomic mass is 16.3. The van der Waals surface area contributed by atoms with Gasteiger partial charge in [-0.3, -0.25) is 4.98 Å². The lowest BCUT2D eigenvalue weighted by Gasteiger charge is -2.07. The summed E-state index contributed by atoms with van der Waals surface area (Å²) in [7, 11) is 0. The minimum Gasteiger partial charge on any atom is -0.455 e. The second-order valence-electron chi connectivity index (χ2n) is 5.38. The zero-order valence-corrected chi connectivity index (χ0v) is 12.1. The summed E-state index contributed by atoms with van der Waals surface area (Å²) in [6, 6.07) is 16.3. The normalized spacial score (nSPS) is 11.3. The topological polar surface area (TPSA) is 26.0 Å². The molecule has 0 spiro atoms. The first-order valence-electron chi connectivity index (χ1n) is 7.08. The maximum Gasteiger partial charge on any atom is 0.145 e. The van der Waals surface area contributed by atoms with E-state index >= 15 is 0 Å². The number of aromatic nitrogens is 1. The fourth-order valence-electron chi connectivity index (χ4n) is 2.91. The van der Waals surface area contributed by atoms with Gasteiger partial charge in [0.05, 0.1) is 5.69 Å². The number of pyridine rings is 1. The molecule has 4 rings (SSSR count). The predicted octanol–water partition coefficient (Wildman–Crippen LogP) is 5.26. The SMILES string of the molecule is Cc1cc(-c2ccccn2)c2oc3ccccc3c2c1C. The van der Waals surface area contributed by atoms with Crippen molar-refractivity contribution in [3.63, 3.8) is 0 Å². The molecular formula is C19H15NO. The Morgan fingerprint density at radius 3 is 2.57 bits per heavy atom. The van der Waals surface area contributed by atoms with E-state index in [-0.39, 0.29) is 0 Å². The van der Waals surface area contributed by atoms with Gasteiger partial charge in [-0.2, -0.15) is 0 Å². The molecule has 102 valence electrons. The van der Waals surface area contributed by atoms with Crippen molar-refractivity contribution >= 4 is 21.9 Å². The summed E-state index contributed by atoms with van der Waals surface area (Å²) in [5.41, 5.74) is 6.40. The highest BCUT2D eigenvalue weighted by Gasteiger charge is 2.16. The average molecular weight is 273 g/mol. The van der Waals surface area contributed by atoms with Gasteiger partial charge in [-0.1, -0.05) is 24.3 Å². The Balaban J connectivity index is 2.20. The zero-order valence-electron chi connectivity index (χ0n) is 12.1. The van der Waals surface area contributed by atoms with E-state index in [0.717, 1.165) is 22.4 Å². The molecular weight excluding hydrogens is 258 g/mol. The van der Waals surface area contributed by atoms with Crippen LogP contribution in [0.3, 0.4) is 0 Å². The summed E-state index contributed by atoms with van der Waals surface area (Å²) < 4.78 is 6.13. The number of furan rings is 1. The van der Waals surface area contributed by atoms with Gasteiger partial charge < -0.3 is 4.42 Å². The summed E-state index contributed by atoms with van der Waals surface area (Å²) in [6.07, 6.45) is 1.82. The monoisotopic (exact) mass is 273 g/mol. The van der Waals surface area contributed by atoms with E-state index in [1.165, 1.54) is 21.9 Å². The molecule has 0 aliphatic carbocycles. The molecule has 0 radical (unpaired) electrons. The second-order valence-corrected chi connectivity index (χ2v) is 5.38. The van der Waals surface area contributed by atoms with E-state index in [1.54, 1.807) is 0 Å². The Morgan fingerprint density at radius 1 is 0.952 bits per heavy atom. The summed E-state index contributed by atoms with van der Waals surface area (Å²) in [5, 5.41) is 2.37. The summed E-state index contributed by atoms with van der Waals surface area (Å²) >= 11 is 0. The van der Waals surface area contributed by atoms with E-state index in [1.807, 2.05) is 36.5 Å². The van der Waals surface area contributed by atoms with Gasteiger partial charge in [-0.05, 0) is 49.2 Å². The van der Waals surface area contributed by atoms with Crippen LogP contribution in [0.1, 0.15) is 11.1 Å². The van der Waals surface area contributed by atoms with Crippen LogP contribution in [0.2, 0.25) is 0 Å². The number of hydrogen-bond donors (Lipinski definition) is 0. The standard InChI is InChI=1S/C19H15NO/c1-12-11-15(16-8-5-6-10-20-16)19-18(13(12)2)14-7-3-4-9-17(14)21-19/h3-11H,1-2H3. The first-order valence-corrected chi connectivity index (χ1v) is 7.08. The smallest absolute Gasteiger partial charge is 0.145 e. The lowest BCUT2D eigenvalue weighted by atomic mass is 9.97. The Morgan fingerprint density at radius 2 is 1.76 bits per heavy atom. The Labute approximate surface area is 123 Å². The van der Waals surface area contributed by atoms with Crippen LogP contribution < -0.4 is 0 Å². The van der Waals surface area contributed by atoms with Crippen LogP contribution in [0.25, 0.3) is 33.2 Å². The minimum atomic E-state index is 0.929. The molecule has 0 saturated heterocycles. The van der Waals surface area contributed by atoms with Crippen LogP contribution in [0, 0.1) is 13.8 Å². The minimum absolute atomic E-state index is 0.929. The van der Waals surface area contributed by atoms with Crippen LogP contribution in [-0.2, 0) is 0 Å². The lowest BCUT2D eigenvalue weighted by molar-refractivity contribution is 0.669.